The molecule has 1 aliphatic rings. The first-order valence-corrected chi connectivity index (χ1v) is 10.8. The molecule has 0 unspecified atom stereocenters. The Morgan fingerprint density at radius 3 is 2.52 bits per heavy atom. The lowest BCUT2D eigenvalue weighted by Gasteiger charge is -2.10. The number of hydrogen-bond acceptors (Lipinski definition) is 5. The fourth-order valence-electron chi connectivity index (χ4n) is 3.82. The van der Waals surface area contributed by atoms with E-state index in [1.807, 2.05) is 20.0 Å². The Kier molecular flexibility index (Phi) is 5.29. The molecule has 168 valence electrons. The lowest BCUT2D eigenvalue weighted by atomic mass is 10.1. The minimum absolute atomic E-state index is 0.211. The summed E-state index contributed by atoms with van der Waals surface area (Å²) >= 11 is 0. The van der Waals surface area contributed by atoms with E-state index in [2.05, 4.69) is 21.0 Å². The third-order valence-electron chi connectivity index (χ3n) is 5.63. The quantitative estimate of drug-likeness (QED) is 0.410. The number of furan rings is 1. The molecule has 0 radical (unpaired) electrons. The summed E-state index contributed by atoms with van der Waals surface area (Å²) in [6.45, 7) is 2.18. The molecule has 0 atom stereocenters. The van der Waals surface area contributed by atoms with E-state index >= 15 is 0 Å². The Bertz CT molecular complexity index is 1320. The van der Waals surface area contributed by atoms with Crippen molar-refractivity contribution in [1.82, 2.24) is 20.1 Å². The van der Waals surface area contributed by atoms with Crippen molar-refractivity contribution >= 4 is 34.3 Å². The van der Waals surface area contributed by atoms with Gasteiger partial charge in [0, 0.05) is 30.0 Å². The molecule has 0 spiro atoms. The monoisotopic (exact) mass is 444 g/mol. The predicted octanol–water partition coefficient (Wildman–Crippen LogP) is 4.32. The maximum Gasteiger partial charge on any atom is 0.319 e. The summed E-state index contributed by atoms with van der Waals surface area (Å²) in [5, 5.41) is 13.6. The van der Waals surface area contributed by atoms with Gasteiger partial charge < -0.3 is 20.4 Å². The minimum atomic E-state index is -0.345. The summed E-state index contributed by atoms with van der Waals surface area (Å²) < 4.78 is 6.92. The van der Waals surface area contributed by atoms with E-state index in [4.69, 9.17) is 9.40 Å². The van der Waals surface area contributed by atoms with Crippen molar-refractivity contribution in [3.8, 4) is 0 Å². The van der Waals surface area contributed by atoms with Gasteiger partial charge >= 0.3 is 6.03 Å². The number of urea groups is 1. The third-order valence-corrected chi connectivity index (χ3v) is 5.63. The molecule has 9 heteroatoms. The van der Waals surface area contributed by atoms with E-state index in [9.17, 15) is 9.59 Å². The van der Waals surface area contributed by atoms with Crippen LogP contribution in [-0.2, 0) is 13.6 Å². The number of hydrogen-bond donors (Lipinski definition) is 3. The lowest BCUT2D eigenvalue weighted by Crippen LogP contribution is -2.27. The first kappa shape index (κ1) is 20.7. The van der Waals surface area contributed by atoms with Crippen molar-refractivity contribution in [3.05, 3.63) is 71.4 Å². The number of carbonyl (C=O) groups excluding carboxylic acids is 2. The summed E-state index contributed by atoms with van der Waals surface area (Å²) in [6, 6.07) is 12.1. The Morgan fingerprint density at radius 1 is 1.12 bits per heavy atom. The highest BCUT2D eigenvalue weighted by Gasteiger charge is 2.28. The van der Waals surface area contributed by atoms with Gasteiger partial charge in [-0.05, 0) is 62.2 Å². The van der Waals surface area contributed by atoms with Crippen molar-refractivity contribution in [3.63, 3.8) is 0 Å². The minimum Gasteiger partial charge on any atom is -0.467 e. The van der Waals surface area contributed by atoms with E-state index < -0.39 is 0 Å². The van der Waals surface area contributed by atoms with Crippen LogP contribution in [-0.4, -0.2) is 26.7 Å². The molecule has 3 amide bonds. The zero-order valence-corrected chi connectivity index (χ0v) is 18.4. The highest BCUT2D eigenvalue weighted by Crippen LogP contribution is 2.40. The van der Waals surface area contributed by atoms with Crippen LogP contribution in [0.25, 0.3) is 11.0 Å². The molecule has 3 heterocycles. The maximum absolute atomic E-state index is 13.2. The van der Waals surface area contributed by atoms with Gasteiger partial charge in [-0.1, -0.05) is 0 Å². The smallest absolute Gasteiger partial charge is 0.319 e. The molecule has 1 aliphatic carbocycles. The predicted molar refractivity (Wildman–Crippen MR) is 124 cm³/mol. The van der Waals surface area contributed by atoms with Crippen molar-refractivity contribution in [2.24, 2.45) is 7.05 Å². The van der Waals surface area contributed by atoms with Crippen LogP contribution in [0.3, 0.4) is 0 Å². The normalized spacial score (nSPS) is 13.2. The van der Waals surface area contributed by atoms with Gasteiger partial charge in [0.25, 0.3) is 5.91 Å². The largest absolute Gasteiger partial charge is 0.467 e. The highest BCUT2D eigenvalue weighted by atomic mass is 16.3. The van der Waals surface area contributed by atoms with E-state index in [-0.39, 0.29) is 11.9 Å². The zero-order chi connectivity index (χ0) is 22.9. The van der Waals surface area contributed by atoms with E-state index in [1.165, 1.54) is 0 Å². The number of anilines is 2. The lowest BCUT2D eigenvalue weighted by molar-refractivity contribution is 0.102. The van der Waals surface area contributed by atoms with Crippen LogP contribution in [0.2, 0.25) is 0 Å². The second-order valence-corrected chi connectivity index (χ2v) is 8.20. The fourth-order valence-corrected chi connectivity index (χ4v) is 3.82. The van der Waals surface area contributed by atoms with Gasteiger partial charge in [0.05, 0.1) is 29.5 Å². The molecule has 1 fully saturated rings. The van der Waals surface area contributed by atoms with Gasteiger partial charge in [-0.2, -0.15) is 5.10 Å². The van der Waals surface area contributed by atoms with Gasteiger partial charge in [-0.15, -0.1) is 0 Å². The molecule has 3 N–H and O–H groups in total. The van der Waals surface area contributed by atoms with Crippen LogP contribution in [0.15, 0.2) is 53.1 Å². The Labute approximate surface area is 190 Å². The van der Waals surface area contributed by atoms with Gasteiger partial charge in [-0.25, -0.2) is 9.78 Å². The highest BCUT2D eigenvalue weighted by molar-refractivity contribution is 6.12. The van der Waals surface area contributed by atoms with Crippen LogP contribution >= 0.6 is 0 Å². The summed E-state index contributed by atoms with van der Waals surface area (Å²) in [4.78, 5) is 30.0. The molecule has 5 rings (SSSR count). The molecule has 0 bridgehead atoms. The summed E-state index contributed by atoms with van der Waals surface area (Å²) in [7, 11) is 1.84. The van der Waals surface area contributed by atoms with E-state index in [0.29, 0.717) is 35.2 Å². The third kappa shape index (κ3) is 4.43. The molecular weight excluding hydrogens is 420 g/mol. The molecular formula is C24H24N6O3. The summed E-state index contributed by atoms with van der Waals surface area (Å²) in [5.74, 6) is 0.875. The Balaban J connectivity index is 1.28. The molecule has 1 aromatic carbocycles. The number of carbonyl (C=O) groups is 2. The molecule has 4 aromatic rings. The average molecular weight is 444 g/mol. The number of rotatable bonds is 6. The second kappa shape index (κ2) is 8.42. The number of amides is 3. The van der Waals surface area contributed by atoms with Gasteiger partial charge in [0.15, 0.2) is 5.65 Å². The number of aromatic nitrogens is 3. The van der Waals surface area contributed by atoms with Crippen LogP contribution in [0.4, 0.5) is 16.2 Å². The SMILES string of the molecule is Cc1nn(C)c2nc(C3CC3)cc(C(=O)Nc3ccc(NC(=O)NCc4ccco4)cc3)c12. The topological polar surface area (TPSA) is 114 Å². The molecule has 0 saturated heterocycles. The van der Waals surface area contributed by atoms with Crippen LogP contribution in [0.5, 0.6) is 0 Å². The molecule has 33 heavy (non-hydrogen) atoms. The van der Waals surface area contributed by atoms with Crippen LogP contribution < -0.4 is 16.0 Å². The summed E-state index contributed by atoms with van der Waals surface area (Å²) in [5.41, 5.74) is 4.24. The number of aryl methyl sites for hydroxylation is 2. The van der Waals surface area contributed by atoms with Crippen LogP contribution in [0.1, 0.15) is 46.3 Å². The van der Waals surface area contributed by atoms with Crippen molar-refractivity contribution in [1.29, 1.82) is 0 Å². The maximum atomic E-state index is 13.2. The first-order chi connectivity index (χ1) is 16.0. The molecule has 0 aliphatic heterocycles. The average Bonchev–Trinajstić information content (AvgIpc) is 3.45. The standard InChI is InChI=1S/C24H24N6O3/c1-14-21-19(12-20(15-5-6-15)28-22(21)30(2)29-14)23(31)26-16-7-9-17(10-8-16)27-24(32)25-13-18-4-3-11-33-18/h3-4,7-12,15H,5-6,13H2,1-2H3,(H,26,31)(H2,25,27,32). The fraction of sp³-hybridized carbons (Fsp3) is 0.250. The Morgan fingerprint density at radius 2 is 1.85 bits per heavy atom. The molecule has 3 aromatic heterocycles. The second-order valence-electron chi connectivity index (χ2n) is 8.20. The zero-order valence-electron chi connectivity index (χ0n) is 18.4. The van der Waals surface area contributed by atoms with Crippen LogP contribution in [0, 0.1) is 6.92 Å². The van der Waals surface area contributed by atoms with Crippen molar-refractivity contribution in [2.45, 2.75) is 32.2 Å². The van der Waals surface area contributed by atoms with Gasteiger partial charge in [0.2, 0.25) is 0 Å². The summed E-state index contributed by atoms with van der Waals surface area (Å²) in [6.07, 6.45) is 3.75. The van der Waals surface area contributed by atoms with Crippen molar-refractivity contribution < 1.29 is 14.0 Å². The number of nitrogens with one attached hydrogen (secondary N) is 3. The number of benzene rings is 1. The van der Waals surface area contributed by atoms with E-state index in [0.717, 1.165) is 35.3 Å². The van der Waals surface area contributed by atoms with Gasteiger partial charge in [0.1, 0.15) is 5.76 Å². The molecule has 9 nitrogen and oxygen atoms in total. The number of pyridine rings is 1. The van der Waals surface area contributed by atoms with Crippen molar-refractivity contribution in [2.75, 3.05) is 10.6 Å². The van der Waals surface area contributed by atoms with E-state index in [1.54, 1.807) is 47.3 Å². The first-order valence-electron chi connectivity index (χ1n) is 10.8. The Hall–Kier alpha value is -4.14. The number of fused-ring (bicyclic) bond motifs is 1. The molecule has 1 saturated carbocycles. The number of nitrogens with zero attached hydrogens (tertiary/aromatic N) is 3. The van der Waals surface area contributed by atoms with Gasteiger partial charge in [-0.3, -0.25) is 9.48 Å².